The summed E-state index contributed by atoms with van der Waals surface area (Å²) in [5, 5.41) is 0. The van der Waals surface area contributed by atoms with Crippen LogP contribution in [0.3, 0.4) is 0 Å². The minimum Gasteiger partial charge on any atom is -0.459 e. The number of rotatable bonds is 3. The molecule has 1 aromatic heterocycles. The van der Waals surface area contributed by atoms with Crippen LogP contribution in [0.4, 0.5) is 5.82 Å². The first-order valence-corrected chi connectivity index (χ1v) is 9.04. The minimum atomic E-state index is -0.633. The van der Waals surface area contributed by atoms with Gasteiger partial charge in [-0.15, -0.1) is 0 Å². The Morgan fingerprint density at radius 3 is 2.56 bits per heavy atom. The zero-order valence-electron chi connectivity index (χ0n) is 15.5. The fourth-order valence-electron chi connectivity index (χ4n) is 3.84. The molecule has 0 saturated carbocycles. The third-order valence-corrected chi connectivity index (χ3v) is 5.06. The number of cyclic esters (lactones) is 1. The molecule has 7 nitrogen and oxygen atoms in total. The number of aromatic nitrogens is 2. The van der Waals surface area contributed by atoms with Crippen LogP contribution < -0.4 is 11.2 Å². The highest BCUT2D eigenvalue weighted by molar-refractivity contribution is 6.10. The smallest absolute Gasteiger partial charge is 0.329 e. The number of hydrogen-bond acceptors (Lipinski definition) is 5. The maximum Gasteiger partial charge on any atom is 0.329 e. The molecule has 4 rings (SSSR count). The minimum absolute atomic E-state index is 0.0912. The average Bonchev–Trinajstić information content (AvgIpc) is 2.98. The molecule has 2 aliphatic heterocycles. The van der Waals surface area contributed by atoms with Crippen LogP contribution in [0.2, 0.25) is 0 Å². The van der Waals surface area contributed by atoms with Crippen LogP contribution in [-0.4, -0.2) is 27.8 Å². The molecule has 2 aliphatic rings. The maximum atomic E-state index is 12.8. The lowest BCUT2D eigenvalue weighted by atomic mass is 9.77. The van der Waals surface area contributed by atoms with E-state index in [-0.39, 0.29) is 18.5 Å². The molecule has 2 aromatic rings. The molecule has 1 N–H and O–H groups in total. The molecule has 1 aromatic carbocycles. The van der Waals surface area contributed by atoms with Gasteiger partial charge in [0.2, 0.25) is 0 Å². The van der Waals surface area contributed by atoms with Crippen molar-refractivity contribution in [3.63, 3.8) is 0 Å². The number of H-pyrrole nitrogens is 1. The number of carbonyl (C=O) groups is 1. The lowest BCUT2D eigenvalue weighted by molar-refractivity contribution is -0.141. The van der Waals surface area contributed by atoms with Gasteiger partial charge < -0.3 is 4.74 Å². The van der Waals surface area contributed by atoms with Gasteiger partial charge in [-0.3, -0.25) is 19.1 Å². The first-order chi connectivity index (χ1) is 12.9. The van der Waals surface area contributed by atoms with Gasteiger partial charge in [-0.25, -0.2) is 9.79 Å². The Morgan fingerprint density at radius 2 is 1.89 bits per heavy atom. The van der Waals surface area contributed by atoms with Gasteiger partial charge in [0.05, 0.1) is 11.3 Å². The highest BCUT2D eigenvalue weighted by Crippen LogP contribution is 2.42. The van der Waals surface area contributed by atoms with Crippen molar-refractivity contribution in [2.24, 2.45) is 16.8 Å². The molecule has 2 atom stereocenters. The summed E-state index contributed by atoms with van der Waals surface area (Å²) < 4.78 is 6.72. The van der Waals surface area contributed by atoms with Crippen molar-refractivity contribution in [3.8, 4) is 0 Å². The Kier molecular flexibility index (Phi) is 4.09. The Labute approximate surface area is 155 Å². The second-order valence-electron chi connectivity index (χ2n) is 7.58. The number of benzene rings is 1. The van der Waals surface area contributed by atoms with Crippen molar-refractivity contribution >= 4 is 17.5 Å². The molecule has 0 spiro atoms. The van der Waals surface area contributed by atoms with E-state index in [1.165, 1.54) is 4.57 Å². The molecule has 27 heavy (non-hydrogen) atoms. The summed E-state index contributed by atoms with van der Waals surface area (Å²) in [6.07, 6.45) is 0. The van der Waals surface area contributed by atoms with Crippen LogP contribution in [0, 0.1) is 18.8 Å². The summed E-state index contributed by atoms with van der Waals surface area (Å²) in [6.45, 7) is 6.47. The maximum absolute atomic E-state index is 12.8. The second-order valence-corrected chi connectivity index (χ2v) is 7.58. The number of ether oxygens (including phenoxy) is 1. The van der Waals surface area contributed by atoms with Gasteiger partial charge in [0.15, 0.2) is 0 Å². The molecule has 1 saturated heterocycles. The predicted octanol–water partition coefficient (Wildman–Crippen LogP) is 1.89. The summed E-state index contributed by atoms with van der Waals surface area (Å²) in [7, 11) is 0. The molecule has 0 amide bonds. The van der Waals surface area contributed by atoms with Crippen LogP contribution >= 0.6 is 0 Å². The molecule has 0 aliphatic carbocycles. The van der Waals surface area contributed by atoms with E-state index in [0.29, 0.717) is 23.6 Å². The van der Waals surface area contributed by atoms with Crippen molar-refractivity contribution in [2.75, 3.05) is 6.61 Å². The standard InChI is InChI=1S/C20H21N3O4/c1-10(2)8-23-17-16(18(24)22-20(23)26)14(12-6-4-11(3)5-7-12)15-13(21-17)9-27-19(15)25/h4-7,10,14-15H,8-9H2,1-3H3,(H,22,24,26). The lowest BCUT2D eigenvalue weighted by Gasteiger charge is -2.28. The highest BCUT2D eigenvalue weighted by Gasteiger charge is 2.46. The summed E-state index contributed by atoms with van der Waals surface area (Å²) >= 11 is 0. The fourth-order valence-corrected chi connectivity index (χ4v) is 3.84. The van der Waals surface area contributed by atoms with Gasteiger partial charge in [0.1, 0.15) is 18.3 Å². The number of hydrogen-bond donors (Lipinski definition) is 1. The topological polar surface area (TPSA) is 93.5 Å². The van der Waals surface area contributed by atoms with E-state index in [9.17, 15) is 14.4 Å². The molecule has 7 heteroatoms. The number of fused-ring (bicyclic) bond motifs is 2. The summed E-state index contributed by atoms with van der Waals surface area (Å²) in [5.41, 5.74) is 1.85. The monoisotopic (exact) mass is 367 g/mol. The summed E-state index contributed by atoms with van der Waals surface area (Å²) in [5.74, 6) is -1.01. The molecule has 1 fully saturated rings. The predicted molar refractivity (Wildman–Crippen MR) is 101 cm³/mol. The average molecular weight is 367 g/mol. The van der Waals surface area contributed by atoms with Crippen molar-refractivity contribution in [3.05, 3.63) is 61.8 Å². The number of aliphatic imine (C=N–C) groups is 1. The molecular weight excluding hydrogens is 346 g/mol. The van der Waals surface area contributed by atoms with E-state index >= 15 is 0 Å². The van der Waals surface area contributed by atoms with E-state index in [2.05, 4.69) is 9.98 Å². The van der Waals surface area contributed by atoms with E-state index in [0.717, 1.165) is 11.1 Å². The quantitative estimate of drug-likeness (QED) is 0.839. The first-order valence-electron chi connectivity index (χ1n) is 9.04. The molecule has 140 valence electrons. The van der Waals surface area contributed by atoms with Crippen LogP contribution in [0.25, 0.3) is 0 Å². The van der Waals surface area contributed by atoms with E-state index in [1.54, 1.807) is 0 Å². The van der Waals surface area contributed by atoms with Crippen molar-refractivity contribution < 1.29 is 9.53 Å². The molecule has 0 radical (unpaired) electrons. The van der Waals surface area contributed by atoms with Crippen molar-refractivity contribution in [1.29, 1.82) is 0 Å². The Hall–Kier alpha value is -2.96. The molecule has 2 unspecified atom stereocenters. The van der Waals surface area contributed by atoms with Crippen LogP contribution in [0.15, 0.2) is 38.8 Å². The van der Waals surface area contributed by atoms with Gasteiger partial charge >= 0.3 is 11.7 Å². The number of carbonyl (C=O) groups excluding carboxylic acids is 1. The Morgan fingerprint density at radius 1 is 1.19 bits per heavy atom. The van der Waals surface area contributed by atoms with Crippen molar-refractivity contribution in [1.82, 2.24) is 9.55 Å². The third-order valence-electron chi connectivity index (χ3n) is 5.06. The Balaban J connectivity index is 2.02. The van der Waals surface area contributed by atoms with Crippen molar-refractivity contribution in [2.45, 2.75) is 33.2 Å². The molecule has 0 bridgehead atoms. The number of nitrogens with one attached hydrogen (secondary N) is 1. The number of aryl methyl sites for hydroxylation is 1. The first kappa shape index (κ1) is 17.5. The highest BCUT2D eigenvalue weighted by atomic mass is 16.5. The lowest BCUT2D eigenvalue weighted by Crippen LogP contribution is -2.39. The number of esters is 1. The van der Waals surface area contributed by atoms with Crippen LogP contribution in [0.5, 0.6) is 0 Å². The summed E-state index contributed by atoms with van der Waals surface area (Å²) in [4.78, 5) is 44.6. The molecular formula is C20H21N3O4. The van der Waals surface area contributed by atoms with Gasteiger partial charge in [-0.1, -0.05) is 43.7 Å². The zero-order chi connectivity index (χ0) is 19.3. The number of nitrogens with zero attached hydrogens (tertiary/aromatic N) is 2. The SMILES string of the molecule is Cc1ccc(C2c3c(n(CC(C)C)c(=O)[nH]c3=O)N=C3COC(=O)C32)cc1. The van der Waals surface area contributed by atoms with E-state index in [4.69, 9.17) is 4.74 Å². The van der Waals surface area contributed by atoms with Gasteiger partial charge in [-0.05, 0) is 18.4 Å². The van der Waals surface area contributed by atoms with Gasteiger partial charge in [0, 0.05) is 12.5 Å². The van der Waals surface area contributed by atoms with Crippen LogP contribution in [-0.2, 0) is 16.1 Å². The zero-order valence-corrected chi connectivity index (χ0v) is 15.5. The fraction of sp³-hybridized carbons (Fsp3) is 0.400. The Bertz CT molecular complexity index is 1060. The van der Waals surface area contributed by atoms with Gasteiger partial charge in [-0.2, -0.15) is 0 Å². The van der Waals surface area contributed by atoms with Crippen LogP contribution in [0.1, 0.15) is 36.5 Å². The number of aromatic amines is 1. The third kappa shape index (κ3) is 2.83. The largest absolute Gasteiger partial charge is 0.459 e. The second kappa shape index (κ2) is 6.33. The van der Waals surface area contributed by atoms with E-state index < -0.39 is 23.1 Å². The van der Waals surface area contributed by atoms with Gasteiger partial charge in [0.25, 0.3) is 5.56 Å². The van der Waals surface area contributed by atoms with E-state index in [1.807, 2.05) is 45.0 Å². The summed E-state index contributed by atoms with van der Waals surface area (Å²) in [6, 6.07) is 7.71. The normalized spacial score (nSPS) is 20.9. The molecule has 3 heterocycles.